The molecule has 2 aliphatic heterocycles. The van der Waals surface area contributed by atoms with Crippen molar-refractivity contribution in [2.24, 2.45) is 9.98 Å². The van der Waals surface area contributed by atoms with E-state index in [1.54, 1.807) is 14.1 Å². The molecule has 4 N–H and O–H groups in total. The number of guanidine groups is 1. The van der Waals surface area contributed by atoms with Crippen LogP contribution in [-0.4, -0.2) is 74.6 Å². The normalized spacial score (nSPS) is 19.8. The van der Waals surface area contributed by atoms with E-state index in [9.17, 15) is 9.90 Å². The first-order chi connectivity index (χ1) is 18.0. The molecule has 0 bridgehead atoms. The van der Waals surface area contributed by atoms with Crippen molar-refractivity contribution in [2.75, 3.05) is 45.2 Å². The number of ether oxygens (including phenoxy) is 1. The number of carbonyl (C=O) groups excluding carboxylic acids is 1. The van der Waals surface area contributed by atoms with Crippen LogP contribution in [0, 0.1) is 0 Å². The average molecular weight is 523 g/mol. The van der Waals surface area contributed by atoms with Gasteiger partial charge in [-0.25, -0.2) is 0 Å². The largest absolute Gasteiger partial charge is 0.491 e. The highest BCUT2D eigenvalue weighted by Crippen LogP contribution is 2.27. The second-order valence-corrected chi connectivity index (χ2v) is 9.85. The highest BCUT2D eigenvalue weighted by atomic mass is 32.2. The molecule has 37 heavy (non-hydrogen) atoms. The summed E-state index contributed by atoms with van der Waals surface area (Å²) < 4.78 is 5.63. The number of aliphatic imine (C=N–C) groups is 2. The van der Waals surface area contributed by atoms with E-state index >= 15 is 0 Å². The van der Waals surface area contributed by atoms with Crippen molar-refractivity contribution < 1.29 is 14.6 Å². The van der Waals surface area contributed by atoms with Gasteiger partial charge in [0.15, 0.2) is 5.17 Å². The Kier molecular flexibility index (Phi) is 9.58. The number of anilines is 1. The fourth-order valence-corrected chi connectivity index (χ4v) is 4.96. The topological polar surface area (TPSA) is 111 Å². The number of nitrogens with zero attached hydrogens (tertiary/aromatic N) is 3. The molecular weight excluding hydrogens is 488 g/mol. The number of para-hydroxylation sites is 1. The molecule has 196 valence electrons. The van der Waals surface area contributed by atoms with Gasteiger partial charge in [0.05, 0.1) is 4.91 Å². The predicted molar refractivity (Wildman–Crippen MR) is 151 cm³/mol. The average Bonchev–Trinajstić information content (AvgIpc) is 3.28. The van der Waals surface area contributed by atoms with Gasteiger partial charge < -0.3 is 30.7 Å². The Morgan fingerprint density at radius 2 is 1.95 bits per heavy atom. The van der Waals surface area contributed by atoms with E-state index in [4.69, 9.17) is 4.74 Å². The van der Waals surface area contributed by atoms with Crippen LogP contribution in [-0.2, 0) is 4.79 Å². The van der Waals surface area contributed by atoms with E-state index in [1.165, 1.54) is 17.4 Å². The van der Waals surface area contributed by atoms with Crippen LogP contribution in [0.3, 0.4) is 0 Å². The van der Waals surface area contributed by atoms with E-state index in [-0.39, 0.29) is 12.5 Å². The standard InChI is InChI=1S/C27H34N6O3S/c1-28-26(29-2)32-27-31-25(35)24(37-27)16-19-8-10-21(11-9-19)33-14-12-20(13-15-33)30-17-22(34)18-36-23-6-4-3-5-7-23/h3-11,16,20,22,30,34H,12-15,17-18H2,1-2H3,(H2,28,29,31,32,35)/b24-16-. The summed E-state index contributed by atoms with van der Waals surface area (Å²) in [5.41, 5.74) is 2.13. The second kappa shape index (κ2) is 13.3. The number of piperidine rings is 1. The van der Waals surface area contributed by atoms with Crippen LogP contribution < -0.4 is 25.6 Å². The third-order valence-electron chi connectivity index (χ3n) is 6.17. The van der Waals surface area contributed by atoms with E-state index in [2.05, 4.69) is 43.0 Å². The van der Waals surface area contributed by atoms with Gasteiger partial charge in [0.2, 0.25) is 5.96 Å². The lowest BCUT2D eigenvalue weighted by molar-refractivity contribution is -0.115. The molecule has 1 amide bonds. The number of aliphatic hydroxyl groups excluding tert-OH is 1. The van der Waals surface area contributed by atoms with Gasteiger partial charge in [0.1, 0.15) is 18.5 Å². The van der Waals surface area contributed by atoms with Crippen molar-refractivity contribution in [3.05, 3.63) is 65.1 Å². The molecule has 0 aliphatic carbocycles. The summed E-state index contributed by atoms with van der Waals surface area (Å²) in [7, 11) is 3.38. The highest BCUT2D eigenvalue weighted by molar-refractivity contribution is 8.18. The lowest BCUT2D eigenvalue weighted by Crippen LogP contribution is -2.45. The number of hydrogen-bond donors (Lipinski definition) is 4. The number of thioether (sulfide) groups is 1. The Balaban J connectivity index is 1.22. The summed E-state index contributed by atoms with van der Waals surface area (Å²) >= 11 is 1.30. The fraction of sp³-hybridized carbons (Fsp3) is 0.370. The van der Waals surface area contributed by atoms with Gasteiger partial charge in [-0.15, -0.1) is 0 Å². The molecule has 10 heteroatoms. The Morgan fingerprint density at radius 1 is 1.22 bits per heavy atom. The maximum Gasteiger partial charge on any atom is 0.264 e. The van der Waals surface area contributed by atoms with Crippen molar-refractivity contribution in [3.8, 4) is 5.75 Å². The number of carbonyl (C=O) groups is 1. The zero-order valence-electron chi connectivity index (χ0n) is 21.2. The van der Waals surface area contributed by atoms with Crippen molar-refractivity contribution in [1.29, 1.82) is 0 Å². The maximum absolute atomic E-state index is 12.3. The summed E-state index contributed by atoms with van der Waals surface area (Å²) in [6, 6.07) is 18.2. The summed E-state index contributed by atoms with van der Waals surface area (Å²) in [6.45, 7) is 2.68. The lowest BCUT2D eigenvalue weighted by atomic mass is 10.0. The summed E-state index contributed by atoms with van der Waals surface area (Å²) in [4.78, 5) is 23.6. The fourth-order valence-electron chi connectivity index (χ4n) is 4.14. The molecule has 2 aromatic carbocycles. The minimum atomic E-state index is -0.549. The first kappa shape index (κ1) is 26.7. The van der Waals surface area contributed by atoms with Crippen LogP contribution in [0.1, 0.15) is 18.4 Å². The SMILES string of the molecule is CN=C(/N=C1/NC(=O)/C(=C/c2ccc(N3CCC(NCC(O)COc4ccccc4)CC3)cc2)S1)NC. The van der Waals surface area contributed by atoms with E-state index in [0.717, 1.165) is 37.2 Å². The number of aliphatic hydroxyl groups is 1. The summed E-state index contributed by atoms with van der Waals surface area (Å²) in [6.07, 6.45) is 3.34. The molecule has 0 radical (unpaired) electrons. The number of hydrogen-bond acceptors (Lipinski definition) is 7. The van der Waals surface area contributed by atoms with Gasteiger partial charge in [0.25, 0.3) is 5.91 Å². The first-order valence-corrected chi connectivity index (χ1v) is 13.2. The lowest BCUT2D eigenvalue weighted by Gasteiger charge is -2.34. The molecule has 1 unspecified atom stereocenters. The Hall–Kier alpha value is -3.34. The van der Waals surface area contributed by atoms with Crippen LogP contribution in [0.2, 0.25) is 0 Å². The Morgan fingerprint density at radius 3 is 2.62 bits per heavy atom. The Labute approximate surface area is 222 Å². The zero-order chi connectivity index (χ0) is 26.0. The number of amides is 1. The van der Waals surface area contributed by atoms with Crippen molar-refractivity contribution in [2.45, 2.75) is 25.0 Å². The van der Waals surface area contributed by atoms with Crippen LogP contribution in [0.25, 0.3) is 6.08 Å². The molecular formula is C27H34N6O3S. The number of amidine groups is 1. The third-order valence-corrected chi connectivity index (χ3v) is 7.08. The zero-order valence-corrected chi connectivity index (χ0v) is 22.0. The monoisotopic (exact) mass is 522 g/mol. The Bertz CT molecular complexity index is 1130. The number of benzene rings is 2. The quantitative estimate of drug-likeness (QED) is 0.239. The molecule has 2 aliphatic rings. The summed E-state index contributed by atoms with van der Waals surface area (Å²) in [5.74, 6) is 1.07. The van der Waals surface area contributed by atoms with Crippen molar-refractivity contribution in [3.63, 3.8) is 0 Å². The molecule has 2 fully saturated rings. The minimum absolute atomic E-state index is 0.161. The molecule has 2 heterocycles. The van der Waals surface area contributed by atoms with Crippen molar-refractivity contribution in [1.82, 2.24) is 16.0 Å². The molecule has 0 spiro atoms. The van der Waals surface area contributed by atoms with Gasteiger partial charge in [-0.3, -0.25) is 9.79 Å². The van der Waals surface area contributed by atoms with Crippen LogP contribution in [0.4, 0.5) is 5.69 Å². The molecule has 2 saturated heterocycles. The minimum Gasteiger partial charge on any atom is -0.491 e. The molecule has 4 rings (SSSR count). The van der Waals surface area contributed by atoms with E-state index in [1.807, 2.05) is 48.5 Å². The highest BCUT2D eigenvalue weighted by Gasteiger charge is 2.24. The van der Waals surface area contributed by atoms with Crippen molar-refractivity contribution >= 4 is 40.6 Å². The molecule has 0 aromatic heterocycles. The first-order valence-electron chi connectivity index (χ1n) is 12.4. The smallest absolute Gasteiger partial charge is 0.264 e. The van der Waals surface area contributed by atoms with E-state index in [0.29, 0.717) is 28.6 Å². The summed E-state index contributed by atoms with van der Waals surface area (Å²) in [5, 5.41) is 19.9. The van der Waals surface area contributed by atoms with Crippen LogP contribution in [0.5, 0.6) is 5.75 Å². The van der Waals surface area contributed by atoms with Crippen LogP contribution in [0.15, 0.2) is 69.5 Å². The predicted octanol–water partition coefficient (Wildman–Crippen LogP) is 2.45. The number of rotatable bonds is 8. The van der Waals surface area contributed by atoms with Crippen LogP contribution >= 0.6 is 11.8 Å². The molecule has 0 saturated carbocycles. The number of nitrogens with one attached hydrogen (secondary N) is 3. The van der Waals surface area contributed by atoms with Gasteiger partial charge >= 0.3 is 0 Å². The van der Waals surface area contributed by atoms with Gasteiger partial charge in [-0.2, -0.15) is 4.99 Å². The van der Waals surface area contributed by atoms with Gasteiger partial charge in [-0.05, 0) is 60.5 Å². The molecule has 2 aromatic rings. The molecule has 9 nitrogen and oxygen atoms in total. The van der Waals surface area contributed by atoms with E-state index < -0.39 is 6.10 Å². The van der Waals surface area contributed by atoms with Gasteiger partial charge in [-0.1, -0.05) is 30.3 Å². The second-order valence-electron chi connectivity index (χ2n) is 8.82. The van der Waals surface area contributed by atoms with Gasteiger partial charge in [0, 0.05) is 45.5 Å². The third kappa shape index (κ3) is 7.82. The maximum atomic E-state index is 12.3. The molecule has 1 atom stereocenters.